The van der Waals surface area contributed by atoms with E-state index in [1.807, 2.05) is 19.9 Å². The minimum Gasteiger partial charge on any atom is -0.465 e. The molecule has 7 heteroatoms. The zero-order valence-corrected chi connectivity index (χ0v) is 13.9. The van der Waals surface area contributed by atoms with Gasteiger partial charge >= 0.3 is 6.09 Å². The predicted octanol–water partition coefficient (Wildman–Crippen LogP) is 3.24. The van der Waals surface area contributed by atoms with Gasteiger partial charge in [0.1, 0.15) is 0 Å². The molecule has 0 spiro atoms. The van der Waals surface area contributed by atoms with E-state index in [9.17, 15) is 19.1 Å². The van der Waals surface area contributed by atoms with Gasteiger partial charge in [-0.1, -0.05) is 19.9 Å². The maximum atomic E-state index is 13.6. The average Bonchev–Trinajstić information content (AvgIpc) is 2.54. The number of benzene rings is 1. The zero-order chi connectivity index (χ0) is 18.2. The molecule has 0 unspecified atom stereocenters. The second kappa shape index (κ2) is 6.16. The number of carboxylic acid groups (broad SMARTS) is 1. The highest BCUT2D eigenvalue weighted by Gasteiger charge is 2.33. The Balaban J connectivity index is 1.88. The van der Waals surface area contributed by atoms with E-state index in [1.54, 1.807) is 12.1 Å². The SMILES string of the molecule is CC1(C)CN(C(=O)O)Cc2cc(NC(=O)c3cccnc3F)ccc21. The van der Waals surface area contributed by atoms with Gasteiger partial charge < -0.3 is 15.3 Å². The van der Waals surface area contributed by atoms with Gasteiger partial charge in [-0.05, 0) is 35.4 Å². The molecule has 0 saturated heterocycles. The van der Waals surface area contributed by atoms with E-state index >= 15 is 0 Å². The quantitative estimate of drug-likeness (QED) is 0.820. The fourth-order valence-electron chi connectivity index (χ4n) is 3.18. The summed E-state index contributed by atoms with van der Waals surface area (Å²) >= 11 is 0. The number of carbonyl (C=O) groups is 2. The summed E-state index contributed by atoms with van der Waals surface area (Å²) in [5.41, 5.74) is 1.87. The van der Waals surface area contributed by atoms with Crippen molar-refractivity contribution in [2.45, 2.75) is 25.8 Å². The standard InChI is InChI=1S/C18H18FN3O3/c1-18(2)10-22(17(24)25)9-11-8-12(5-6-14(11)18)21-16(23)13-4-3-7-20-15(13)19/h3-8H,9-10H2,1-2H3,(H,21,23)(H,24,25). The van der Waals surface area contributed by atoms with Crippen LogP contribution in [0.4, 0.5) is 14.9 Å². The first-order valence-electron chi connectivity index (χ1n) is 7.81. The lowest BCUT2D eigenvalue weighted by atomic mass is 9.78. The van der Waals surface area contributed by atoms with Gasteiger partial charge in [-0.3, -0.25) is 4.79 Å². The summed E-state index contributed by atoms with van der Waals surface area (Å²) in [6, 6.07) is 8.19. The first kappa shape index (κ1) is 16.9. The Kier molecular flexibility index (Phi) is 4.16. The molecular formula is C18H18FN3O3. The number of halogens is 1. The number of fused-ring (bicyclic) bond motifs is 1. The fraction of sp³-hybridized carbons (Fsp3) is 0.278. The van der Waals surface area contributed by atoms with Gasteiger partial charge in [0.15, 0.2) is 0 Å². The van der Waals surface area contributed by atoms with Crippen LogP contribution in [-0.4, -0.2) is 33.5 Å². The number of nitrogens with one attached hydrogen (secondary N) is 1. The summed E-state index contributed by atoms with van der Waals surface area (Å²) in [6.45, 7) is 4.61. The molecule has 1 aliphatic rings. The molecule has 0 fully saturated rings. The Hall–Kier alpha value is -2.96. The number of pyridine rings is 1. The van der Waals surface area contributed by atoms with Gasteiger partial charge in [0.05, 0.1) is 5.56 Å². The summed E-state index contributed by atoms with van der Waals surface area (Å²) in [5, 5.41) is 11.9. The van der Waals surface area contributed by atoms with Crippen molar-refractivity contribution >= 4 is 17.7 Å². The molecule has 2 aromatic rings. The van der Waals surface area contributed by atoms with E-state index in [0.29, 0.717) is 12.2 Å². The number of amides is 2. The molecule has 2 amide bonds. The monoisotopic (exact) mass is 343 g/mol. The highest BCUT2D eigenvalue weighted by Crippen LogP contribution is 2.34. The third kappa shape index (κ3) is 3.31. The average molecular weight is 343 g/mol. The summed E-state index contributed by atoms with van der Waals surface area (Å²) in [6.07, 6.45) is 0.290. The van der Waals surface area contributed by atoms with Crippen LogP contribution < -0.4 is 5.32 Å². The summed E-state index contributed by atoms with van der Waals surface area (Å²) < 4.78 is 13.6. The number of nitrogens with zero attached hydrogens (tertiary/aromatic N) is 2. The van der Waals surface area contributed by atoms with Gasteiger partial charge in [0, 0.05) is 30.4 Å². The Morgan fingerprint density at radius 3 is 2.76 bits per heavy atom. The van der Waals surface area contributed by atoms with Crippen LogP contribution in [0.2, 0.25) is 0 Å². The van der Waals surface area contributed by atoms with E-state index < -0.39 is 17.9 Å². The van der Waals surface area contributed by atoms with Gasteiger partial charge in [0.2, 0.25) is 5.95 Å². The highest BCUT2D eigenvalue weighted by molar-refractivity contribution is 6.04. The number of aromatic nitrogens is 1. The van der Waals surface area contributed by atoms with Crippen molar-refractivity contribution < 1.29 is 19.1 Å². The van der Waals surface area contributed by atoms with Crippen molar-refractivity contribution in [3.05, 3.63) is 59.2 Å². The number of carbonyl (C=O) groups excluding carboxylic acids is 1. The first-order valence-corrected chi connectivity index (χ1v) is 7.81. The maximum absolute atomic E-state index is 13.6. The minimum absolute atomic E-state index is 0.146. The molecule has 1 aliphatic heterocycles. The summed E-state index contributed by atoms with van der Waals surface area (Å²) in [7, 11) is 0. The second-order valence-electron chi connectivity index (χ2n) is 6.69. The largest absolute Gasteiger partial charge is 0.465 e. The Morgan fingerprint density at radius 1 is 1.32 bits per heavy atom. The molecule has 0 aliphatic carbocycles. The van der Waals surface area contributed by atoms with E-state index in [0.717, 1.165) is 11.1 Å². The lowest BCUT2D eigenvalue weighted by Crippen LogP contribution is -2.44. The molecular weight excluding hydrogens is 325 g/mol. The smallest absolute Gasteiger partial charge is 0.407 e. The molecule has 130 valence electrons. The van der Waals surface area contributed by atoms with Crippen molar-refractivity contribution in [3.8, 4) is 0 Å². The lowest BCUT2D eigenvalue weighted by Gasteiger charge is -2.38. The van der Waals surface area contributed by atoms with Crippen molar-refractivity contribution in [1.82, 2.24) is 9.88 Å². The van der Waals surface area contributed by atoms with E-state index in [4.69, 9.17) is 0 Å². The van der Waals surface area contributed by atoms with Crippen molar-refractivity contribution in [3.63, 3.8) is 0 Å². The van der Waals surface area contributed by atoms with Crippen LogP contribution in [0.25, 0.3) is 0 Å². The molecule has 2 N–H and O–H groups in total. The van der Waals surface area contributed by atoms with Crippen molar-refractivity contribution in [2.24, 2.45) is 0 Å². The lowest BCUT2D eigenvalue weighted by molar-refractivity contribution is 0.102. The van der Waals surface area contributed by atoms with E-state index in [-0.39, 0.29) is 17.5 Å². The third-order valence-corrected chi connectivity index (χ3v) is 4.31. The molecule has 1 aromatic heterocycles. The van der Waals surface area contributed by atoms with Crippen LogP contribution in [-0.2, 0) is 12.0 Å². The van der Waals surface area contributed by atoms with Gasteiger partial charge in [0.25, 0.3) is 5.91 Å². The van der Waals surface area contributed by atoms with Gasteiger partial charge in [-0.25, -0.2) is 9.78 Å². The first-order chi connectivity index (χ1) is 11.8. The Morgan fingerprint density at radius 2 is 2.08 bits per heavy atom. The van der Waals surface area contributed by atoms with Crippen LogP contribution in [0.3, 0.4) is 0 Å². The van der Waals surface area contributed by atoms with E-state index in [2.05, 4.69) is 10.3 Å². The third-order valence-electron chi connectivity index (χ3n) is 4.31. The predicted molar refractivity (Wildman–Crippen MR) is 90.1 cm³/mol. The molecule has 0 radical (unpaired) electrons. The van der Waals surface area contributed by atoms with Crippen molar-refractivity contribution in [1.29, 1.82) is 0 Å². The maximum Gasteiger partial charge on any atom is 0.407 e. The number of hydrogen-bond donors (Lipinski definition) is 2. The molecule has 6 nitrogen and oxygen atoms in total. The van der Waals surface area contributed by atoms with E-state index in [1.165, 1.54) is 23.2 Å². The fourth-order valence-corrected chi connectivity index (χ4v) is 3.18. The normalized spacial score (nSPS) is 15.4. The topological polar surface area (TPSA) is 82.5 Å². The molecule has 0 bridgehead atoms. The molecule has 2 heterocycles. The zero-order valence-electron chi connectivity index (χ0n) is 13.9. The molecule has 0 atom stereocenters. The molecule has 1 aromatic carbocycles. The summed E-state index contributed by atoms with van der Waals surface area (Å²) in [5.74, 6) is -1.44. The number of rotatable bonds is 2. The van der Waals surface area contributed by atoms with Gasteiger partial charge in [-0.2, -0.15) is 4.39 Å². The molecule has 25 heavy (non-hydrogen) atoms. The molecule has 0 saturated carbocycles. The van der Waals surface area contributed by atoms with Crippen molar-refractivity contribution in [2.75, 3.05) is 11.9 Å². The number of hydrogen-bond acceptors (Lipinski definition) is 3. The van der Waals surface area contributed by atoms with Gasteiger partial charge in [-0.15, -0.1) is 0 Å². The number of anilines is 1. The van der Waals surface area contributed by atoms with Crippen LogP contribution in [0, 0.1) is 5.95 Å². The Labute approximate surface area is 144 Å². The summed E-state index contributed by atoms with van der Waals surface area (Å²) in [4.78, 5) is 28.4. The molecule has 3 rings (SSSR count). The minimum atomic E-state index is -0.981. The van der Waals surface area contributed by atoms with Crippen LogP contribution >= 0.6 is 0 Å². The Bertz CT molecular complexity index is 851. The highest BCUT2D eigenvalue weighted by atomic mass is 19.1. The second-order valence-corrected chi connectivity index (χ2v) is 6.69. The van der Waals surface area contributed by atoms with Crippen LogP contribution in [0.5, 0.6) is 0 Å². The van der Waals surface area contributed by atoms with Crippen LogP contribution in [0.1, 0.15) is 35.3 Å². The van der Waals surface area contributed by atoms with Crippen LogP contribution in [0.15, 0.2) is 36.5 Å².